The first-order chi connectivity index (χ1) is 7.66. The summed E-state index contributed by atoms with van der Waals surface area (Å²) in [5, 5.41) is 3.34. The van der Waals surface area contributed by atoms with Crippen molar-refractivity contribution >= 4 is 11.5 Å². The average molecular weight is 215 g/mol. The molecule has 1 heterocycles. The van der Waals surface area contributed by atoms with Crippen LogP contribution in [-0.2, 0) is 4.79 Å². The van der Waals surface area contributed by atoms with Gasteiger partial charge < -0.3 is 5.32 Å². The highest BCUT2D eigenvalue weighted by Gasteiger charge is 2.22. The Bertz CT molecular complexity index is 430. The molecule has 0 spiro atoms. The monoisotopic (exact) mass is 215 g/mol. The highest BCUT2D eigenvalue weighted by atomic mass is 16.1. The molecule has 1 atom stereocenters. The number of nitrogens with one attached hydrogen (secondary N) is 1. The lowest BCUT2D eigenvalue weighted by Crippen LogP contribution is -2.07. The number of hydrogen-bond donors (Lipinski definition) is 1. The fourth-order valence-electron chi connectivity index (χ4n) is 2.16. The summed E-state index contributed by atoms with van der Waals surface area (Å²) in [4.78, 5) is 11.7. The summed E-state index contributed by atoms with van der Waals surface area (Å²) in [5.74, 6) is 0.558. The summed E-state index contributed by atoms with van der Waals surface area (Å²) >= 11 is 0. The Hall–Kier alpha value is -1.57. The summed E-state index contributed by atoms with van der Waals surface area (Å²) in [7, 11) is 0. The minimum Gasteiger partial charge on any atom is -0.384 e. The number of rotatable bonds is 3. The van der Waals surface area contributed by atoms with Gasteiger partial charge in [-0.15, -0.1) is 0 Å². The number of carbonyl (C=O) groups is 1. The molecule has 1 unspecified atom stereocenters. The Morgan fingerprint density at radius 3 is 2.94 bits per heavy atom. The quantitative estimate of drug-likeness (QED) is 0.785. The molecular formula is C14H17NO. The fraction of sp³-hybridized carbons (Fsp3) is 0.357. The zero-order valence-electron chi connectivity index (χ0n) is 9.79. The van der Waals surface area contributed by atoms with Crippen LogP contribution in [0, 0.1) is 0 Å². The van der Waals surface area contributed by atoms with Crippen LogP contribution in [-0.4, -0.2) is 12.3 Å². The van der Waals surface area contributed by atoms with Gasteiger partial charge in [0, 0.05) is 24.6 Å². The summed E-state index contributed by atoms with van der Waals surface area (Å²) in [6, 6.07) is 8.23. The summed E-state index contributed by atoms with van der Waals surface area (Å²) in [6.07, 6.45) is 2.34. The molecule has 0 saturated carbocycles. The van der Waals surface area contributed by atoms with E-state index in [2.05, 4.69) is 17.4 Å². The molecule has 2 rings (SSSR count). The van der Waals surface area contributed by atoms with E-state index in [-0.39, 0.29) is 5.78 Å². The van der Waals surface area contributed by atoms with Crippen molar-refractivity contribution in [3.8, 4) is 0 Å². The number of carbonyl (C=O) groups excluding carboxylic acids is 1. The third kappa shape index (κ3) is 2.32. The van der Waals surface area contributed by atoms with Crippen LogP contribution in [0.3, 0.4) is 0 Å². The standard InChI is InChI=1S/C14H17NO/c1-10(2)7-12(16)8-11-9-15-14-6-4-3-5-13(11)14/h3-7,11,15H,8-9H2,1-2H3. The number of fused-ring (bicyclic) bond motifs is 1. The molecule has 0 fully saturated rings. The first kappa shape index (κ1) is 10.9. The van der Waals surface area contributed by atoms with Gasteiger partial charge in [-0.05, 0) is 31.6 Å². The molecule has 84 valence electrons. The van der Waals surface area contributed by atoms with Crippen molar-refractivity contribution in [3.63, 3.8) is 0 Å². The molecule has 1 aliphatic heterocycles. The molecule has 1 N–H and O–H groups in total. The zero-order chi connectivity index (χ0) is 11.5. The minimum atomic E-state index is 0.225. The number of ketones is 1. The van der Waals surface area contributed by atoms with Crippen LogP contribution in [0.4, 0.5) is 5.69 Å². The van der Waals surface area contributed by atoms with Crippen molar-refractivity contribution in [2.75, 3.05) is 11.9 Å². The molecule has 2 nitrogen and oxygen atoms in total. The van der Waals surface area contributed by atoms with Crippen molar-refractivity contribution in [3.05, 3.63) is 41.5 Å². The topological polar surface area (TPSA) is 29.1 Å². The second kappa shape index (κ2) is 4.52. The summed E-state index contributed by atoms with van der Waals surface area (Å²) in [6.45, 7) is 4.79. The summed E-state index contributed by atoms with van der Waals surface area (Å²) in [5.41, 5.74) is 3.53. The van der Waals surface area contributed by atoms with E-state index in [0.29, 0.717) is 12.3 Å². The van der Waals surface area contributed by atoms with E-state index >= 15 is 0 Å². The number of anilines is 1. The lowest BCUT2D eigenvalue weighted by Gasteiger charge is -2.07. The van der Waals surface area contributed by atoms with Gasteiger partial charge in [0.25, 0.3) is 0 Å². The first-order valence-electron chi connectivity index (χ1n) is 5.67. The van der Waals surface area contributed by atoms with Gasteiger partial charge in [-0.25, -0.2) is 0 Å². The lowest BCUT2D eigenvalue weighted by atomic mass is 9.95. The van der Waals surface area contributed by atoms with Gasteiger partial charge in [0.1, 0.15) is 0 Å². The largest absolute Gasteiger partial charge is 0.384 e. The van der Waals surface area contributed by atoms with Crippen LogP contribution in [0.25, 0.3) is 0 Å². The highest BCUT2D eigenvalue weighted by Crippen LogP contribution is 2.33. The number of benzene rings is 1. The molecule has 0 amide bonds. The van der Waals surface area contributed by atoms with E-state index in [4.69, 9.17) is 0 Å². The Balaban J connectivity index is 2.09. The Morgan fingerprint density at radius 1 is 1.44 bits per heavy atom. The van der Waals surface area contributed by atoms with Gasteiger partial charge in [-0.3, -0.25) is 4.79 Å². The van der Waals surface area contributed by atoms with Gasteiger partial charge in [-0.1, -0.05) is 23.8 Å². The van der Waals surface area contributed by atoms with Crippen molar-refractivity contribution in [1.82, 2.24) is 0 Å². The van der Waals surface area contributed by atoms with Gasteiger partial charge in [0.2, 0.25) is 0 Å². The predicted molar refractivity (Wildman–Crippen MR) is 66.7 cm³/mol. The van der Waals surface area contributed by atoms with Crippen molar-refractivity contribution in [2.45, 2.75) is 26.2 Å². The van der Waals surface area contributed by atoms with E-state index in [1.54, 1.807) is 6.08 Å². The molecule has 0 aromatic heterocycles. The Morgan fingerprint density at radius 2 is 2.19 bits per heavy atom. The van der Waals surface area contributed by atoms with Crippen LogP contribution in [0.2, 0.25) is 0 Å². The van der Waals surface area contributed by atoms with E-state index < -0.39 is 0 Å². The molecule has 16 heavy (non-hydrogen) atoms. The van der Waals surface area contributed by atoms with Crippen molar-refractivity contribution in [1.29, 1.82) is 0 Å². The van der Waals surface area contributed by atoms with Crippen LogP contribution in [0.5, 0.6) is 0 Å². The fourth-order valence-corrected chi connectivity index (χ4v) is 2.16. The van der Waals surface area contributed by atoms with E-state index in [1.807, 2.05) is 26.0 Å². The molecule has 0 bridgehead atoms. The average Bonchev–Trinajstić information content (AvgIpc) is 2.61. The van der Waals surface area contributed by atoms with E-state index in [0.717, 1.165) is 12.1 Å². The van der Waals surface area contributed by atoms with E-state index in [9.17, 15) is 4.79 Å². The first-order valence-corrected chi connectivity index (χ1v) is 5.67. The van der Waals surface area contributed by atoms with Crippen LogP contribution < -0.4 is 5.32 Å². The molecule has 1 aromatic rings. The number of allylic oxidation sites excluding steroid dienone is 2. The molecule has 2 heteroatoms. The number of hydrogen-bond acceptors (Lipinski definition) is 2. The Kier molecular flexibility index (Phi) is 3.09. The van der Waals surface area contributed by atoms with Crippen LogP contribution in [0.1, 0.15) is 31.7 Å². The van der Waals surface area contributed by atoms with Crippen molar-refractivity contribution in [2.24, 2.45) is 0 Å². The molecular weight excluding hydrogens is 198 g/mol. The molecule has 1 aliphatic rings. The second-order valence-corrected chi connectivity index (χ2v) is 4.56. The highest BCUT2D eigenvalue weighted by molar-refractivity contribution is 5.91. The van der Waals surface area contributed by atoms with Crippen LogP contribution in [0.15, 0.2) is 35.9 Å². The normalized spacial score (nSPS) is 17.5. The molecule has 0 saturated heterocycles. The Labute approximate surface area is 96.4 Å². The smallest absolute Gasteiger partial charge is 0.156 e. The molecule has 1 aromatic carbocycles. The van der Waals surface area contributed by atoms with E-state index in [1.165, 1.54) is 11.3 Å². The summed E-state index contributed by atoms with van der Waals surface area (Å²) < 4.78 is 0. The third-order valence-electron chi connectivity index (χ3n) is 2.84. The zero-order valence-corrected chi connectivity index (χ0v) is 9.79. The van der Waals surface area contributed by atoms with Crippen molar-refractivity contribution < 1.29 is 4.79 Å². The maximum atomic E-state index is 11.7. The van der Waals surface area contributed by atoms with Gasteiger partial charge in [-0.2, -0.15) is 0 Å². The van der Waals surface area contributed by atoms with Crippen LogP contribution >= 0.6 is 0 Å². The molecule has 0 radical (unpaired) electrons. The second-order valence-electron chi connectivity index (χ2n) is 4.56. The maximum Gasteiger partial charge on any atom is 0.156 e. The maximum absolute atomic E-state index is 11.7. The molecule has 0 aliphatic carbocycles. The van der Waals surface area contributed by atoms with Gasteiger partial charge in [0.15, 0.2) is 5.78 Å². The van der Waals surface area contributed by atoms with Gasteiger partial charge in [0.05, 0.1) is 0 Å². The lowest BCUT2D eigenvalue weighted by molar-refractivity contribution is -0.114. The number of para-hydroxylation sites is 1. The predicted octanol–water partition coefficient (Wildman–Crippen LogP) is 3.12. The van der Waals surface area contributed by atoms with Gasteiger partial charge >= 0.3 is 0 Å². The minimum absolute atomic E-state index is 0.225. The SMILES string of the molecule is CC(C)=CC(=O)CC1CNc2ccccc21. The third-order valence-corrected chi connectivity index (χ3v) is 2.84.